The standard InChI is InChI=1S/C5H8F3NO/c6-5(7,8)10-4-1-2-9-3-4/h4,9H,1-3H2. The molecule has 1 aliphatic rings. The summed E-state index contributed by atoms with van der Waals surface area (Å²) in [7, 11) is 0. The first-order valence-corrected chi connectivity index (χ1v) is 3.03. The van der Waals surface area contributed by atoms with Crippen LogP contribution in [0.2, 0.25) is 0 Å². The number of nitrogens with one attached hydrogen (secondary N) is 1. The minimum Gasteiger partial charge on any atom is -0.314 e. The van der Waals surface area contributed by atoms with Gasteiger partial charge in [0.15, 0.2) is 0 Å². The minimum atomic E-state index is -4.48. The molecule has 1 aliphatic heterocycles. The fourth-order valence-electron chi connectivity index (χ4n) is 0.918. The van der Waals surface area contributed by atoms with Crippen LogP contribution >= 0.6 is 0 Å². The van der Waals surface area contributed by atoms with Gasteiger partial charge in [0.25, 0.3) is 0 Å². The molecule has 10 heavy (non-hydrogen) atoms. The first-order valence-electron chi connectivity index (χ1n) is 3.03. The average molecular weight is 155 g/mol. The van der Waals surface area contributed by atoms with Crippen molar-refractivity contribution in [3.05, 3.63) is 0 Å². The highest BCUT2D eigenvalue weighted by atomic mass is 19.4. The Morgan fingerprint density at radius 2 is 2.10 bits per heavy atom. The monoisotopic (exact) mass is 155 g/mol. The first-order chi connectivity index (χ1) is 4.58. The molecule has 2 nitrogen and oxygen atoms in total. The molecule has 1 rings (SSSR count). The molecule has 0 saturated carbocycles. The first kappa shape index (κ1) is 7.81. The van der Waals surface area contributed by atoms with Crippen LogP contribution in [0, 0.1) is 0 Å². The second-order valence-corrected chi connectivity index (χ2v) is 2.18. The Kier molecular flexibility index (Phi) is 2.15. The Morgan fingerprint density at radius 1 is 1.40 bits per heavy atom. The minimum absolute atomic E-state index is 0.305. The van der Waals surface area contributed by atoms with E-state index >= 15 is 0 Å². The van der Waals surface area contributed by atoms with Gasteiger partial charge in [0.05, 0.1) is 6.10 Å². The Morgan fingerprint density at radius 3 is 2.50 bits per heavy atom. The molecular formula is C5H8F3NO. The van der Waals surface area contributed by atoms with Gasteiger partial charge in [0.1, 0.15) is 0 Å². The van der Waals surface area contributed by atoms with Gasteiger partial charge < -0.3 is 5.32 Å². The van der Waals surface area contributed by atoms with E-state index in [-0.39, 0.29) is 0 Å². The maximum Gasteiger partial charge on any atom is 0.522 e. The number of rotatable bonds is 1. The highest BCUT2D eigenvalue weighted by Crippen LogP contribution is 2.20. The van der Waals surface area contributed by atoms with Crippen LogP contribution in [0.1, 0.15) is 6.42 Å². The number of alkyl halides is 3. The second kappa shape index (κ2) is 2.75. The molecule has 60 valence electrons. The topological polar surface area (TPSA) is 21.3 Å². The molecule has 0 aromatic carbocycles. The lowest BCUT2D eigenvalue weighted by Crippen LogP contribution is -2.25. The van der Waals surface area contributed by atoms with E-state index in [1.807, 2.05) is 0 Å². The van der Waals surface area contributed by atoms with Crippen LogP contribution in [0.25, 0.3) is 0 Å². The van der Waals surface area contributed by atoms with Gasteiger partial charge in [0.2, 0.25) is 0 Å². The van der Waals surface area contributed by atoms with Gasteiger partial charge >= 0.3 is 6.36 Å². The quantitative estimate of drug-likeness (QED) is 0.607. The van der Waals surface area contributed by atoms with E-state index in [2.05, 4.69) is 10.1 Å². The zero-order chi connectivity index (χ0) is 7.61. The molecule has 0 amide bonds. The molecule has 0 aromatic rings. The van der Waals surface area contributed by atoms with E-state index < -0.39 is 12.5 Å². The van der Waals surface area contributed by atoms with Crippen LogP contribution < -0.4 is 5.32 Å². The summed E-state index contributed by atoms with van der Waals surface area (Å²) in [4.78, 5) is 0. The summed E-state index contributed by atoms with van der Waals surface area (Å²) in [5.41, 5.74) is 0. The summed E-state index contributed by atoms with van der Waals surface area (Å²) >= 11 is 0. The van der Waals surface area contributed by atoms with E-state index in [4.69, 9.17) is 0 Å². The lowest BCUT2D eigenvalue weighted by atomic mass is 10.3. The Bertz CT molecular complexity index is 108. The molecule has 1 atom stereocenters. The third kappa shape index (κ3) is 2.53. The van der Waals surface area contributed by atoms with Crippen molar-refractivity contribution in [3.8, 4) is 0 Å². The van der Waals surface area contributed by atoms with Crippen molar-refractivity contribution in [2.75, 3.05) is 13.1 Å². The van der Waals surface area contributed by atoms with Gasteiger partial charge in [-0.1, -0.05) is 0 Å². The highest BCUT2D eigenvalue weighted by molar-refractivity contribution is 4.70. The van der Waals surface area contributed by atoms with Crippen LogP contribution in [0.4, 0.5) is 13.2 Å². The van der Waals surface area contributed by atoms with Gasteiger partial charge in [0, 0.05) is 6.54 Å². The predicted octanol–water partition coefficient (Wildman–Crippen LogP) is 0.885. The summed E-state index contributed by atoms with van der Waals surface area (Å²) in [6.45, 7) is 0.917. The van der Waals surface area contributed by atoms with Crippen molar-refractivity contribution >= 4 is 0 Å². The third-order valence-corrected chi connectivity index (χ3v) is 1.32. The van der Waals surface area contributed by atoms with Crippen molar-refractivity contribution < 1.29 is 17.9 Å². The van der Waals surface area contributed by atoms with Crippen LogP contribution in [0.15, 0.2) is 0 Å². The van der Waals surface area contributed by atoms with Gasteiger partial charge in [-0.15, -0.1) is 13.2 Å². The lowest BCUT2D eigenvalue weighted by molar-refractivity contribution is -0.339. The Balaban J connectivity index is 2.24. The Labute approximate surface area is 56.4 Å². The van der Waals surface area contributed by atoms with E-state index in [1.54, 1.807) is 0 Å². The van der Waals surface area contributed by atoms with Crippen LogP contribution in [0.3, 0.4) is 0 Å². The maximum atomic E-state index is 11.5. The lowest BCUT2D eigenvalue weighted by Gasteiger charge is -2.11. The average Bonchev–Trinajstić information content (AvgIpc) is 2.12. The fraction of sp³-hybridized carbons (Fsp3) is 1.00. The van der Waals surface area contributed by atoms with Crippen LogP contribution in [0.5, 0.6) is 0 Å². The molecule has 1 saturated heterocycles. The van der Waals surface area contributed by atoms with Gasteiger partial charge in [-0.25, -0.2) is 0 Å². The van der Waals surface area contributed by atoms with E-state index in [9.17, 15) is 13.2 Å². The number of halogens is 3. The van der Waals surface area contributed by atoms with Crippen LogP contribution in [-0.4, -0.2) is 25.6 Å². The van der Waals surface area contributed by atoms with Gasteiger partial charge in [-0.3, -0.25) is 4.74 Å². The molecule has 0 spiro atoms. The van der Waals surface area contributed by atoms with Crippen molar-refractivity contribution in [2.45, 2.75) is 18.9 Å². The van der Waals surface area contributed by atoms with Crippen LogP contribution in [-0.2, 0) is 4.74 Å². The third-order valence-electron chi connectivity index (χ3n) is 1.32. The normalized spacial score (nSPS) is 27.3. The zero-order valence-electron chi connectivity index (χ0n) is 5.24. The smallest absolute Gasteiger partial charge is 0.314 e. The molecular weight excluding hydrogens is 147 g/mol. The van der Waals surface area contributed by atoms with Crippen molar-refractivity contribution in [2.24, 2.45) is 0 Å². The fourth-order valence-corrected chi connectivity index (χ4v) is 0.918. The summed E-state index contributed by atoms with van der Waals surface area (Å²) in [6, 6.07) is 0. The van der Waals surface area contributed by atoms with E-state index in [1.165, 1.54) is 0 Å². The van der Waals surface area contributed by atoms with Gasteiger partial charge in [-0.2, -0.15) is 0 Å². The molecule has 5 heteroatoms. The summed E-state index contributed by atoms with van der Waals surface area (Å²) in [6.07, 6.45) is -4.71. The highest BCUT2D eigenvalue weighted by Gasteiger charge is 2.34. The molecule has 1 heterocycles. The summed E-state index contributed by atoms with van der Waals surface area (Å²) in [5.74, 6) is 0. The van der Waals surface area contributed by atoms with E-state index in [0.717, 1.165) is 0 Å². The summed E-state index contributed by atoms with van der Waals surface area (Å²) < 4.78 is 38.1. The van der Waals surface area contributed by atoms with Crippen molar-refractivity contribution in [1.82, 2.24) is 5.32 Å². The van der Waals surface area contributed by atoms with Gasteiger partial charge in [-0.05, 0) is 13.0 Å². The molecule has 0 radical (unpaired) electrons. The SMILES string of the molecule is FC(F)(F)OC1CCNC1. The number of hydrogen-bond donors (Lipinski definition) is 1. The molecule has 0 bridgehead atoms. The van der Waals surface area contributed by atoms with Crippen molar-refractivity contribution in [1.29, 1.82) is 0 Å². The predicted molar refractivity (Wildman–Crippen MR) is 28.4 cm³/mol. The zero-order valence-corrected chi connectivity index (χ0v) is 5.24. The maximum absolute atomic E-state index is 11.5. The molecule has 0 aliphatic carbocycles. The molecule has 0 aromatic heterocycles. The largest absolute Gasteiger partial charge is 0.522 e. The van der Waals surface area contributed by atoms with Crippen molar-refractivity contribution in [3.63, 3.8) is 0 Å². The number of hydrogen-bond acceptors (Lipinski definition) is 2. The molecule has 1 N–H and O–H groups in total. The van der Waals surface area contributed by atoms with E-state index in [0.29, 0.717) is 19.5 Å². The Hall–Kier alpha value is -0.290. The molecule has 1 unspecified atom stereocenters. The summed E-state index contributed by atoms with van der Waals surface area (Å²) in [5, 5.41) is 2.77. The number of ether oxygens (including phenoxy) is 1. The second-order valence-electron chi connectivity index (χ2n) is 2.18. The molecule has 1 fully saturated rings.